The molecular formula is C52H31NO2S. The van der Waals surface area contributed by atoms with Gasteiger partial charge in [0.25, 0.3) is 0 Å². The van der Waals surface area contributed by atoms with E-state index < -0.39 is 0 Å². The number of rotatable bonds is 5. The number of furan rings is 1. The van der Waals surface area contributed by atoms with E-state index in [1.807, 2.05) is 23.5 Å². The van der Waals surface area contributed by atoms with Crippen molar-refractivity contribution >= 4 is 81.3 Å². The minimum absolute atomic E-state index is 0.824. The van der Waals surface area contributed by atoms with Crippen LogP contribution in [0.3, 0.4) is 0 Å². The van der Waals surface area contributed by atoms with Crippen molar-refractivity contribution in [1.29, 1.82) is 0 Å². The molecule has 12 rings (SSSR count). The Bertz CT molecular complexity index is 3360. The molecule has 0 amide bonds. The summed E-state index contributed by atoms with van der Waals surface area (Å²) in [6.07, 6.45) is 0. The lowest BCUT2D eigenvalue weighted by Crippen LogP contribution is -2.11. The molecule has 1 aliphatic rings. The van der Waals surface area contributed by atoms with Gasteiger partial charge in [0, 0.05) is 53.6 Å². The van der Waals surface area contributed by atoms with Crippen molar-refractivity contribution in [2.75, 3.05) is 4.90 Å². The van der Waals surface area contributed by atoms with Gasteiger partial charge < -0.3 is 14.1 Å². The average molecular weight is 734 g/mol. The van der Waals surface area contributed by atoms with Gasteiger partial charge in [0.05, 0.1) is 11.4 Å². The third kappa shape index (κ3) is 4.76. The van der Waals surface area contributed by atoms with E-state index in [1.54, 1.807) is 0 Å². The predicted octanol–water partition coefficient (Wildman–Crippen LogP) is 15.7. The molecule has 0 spiro atoms. The van der Waals surface area contributed by atoms with Gasteiger partial charge in [0.15, 0.2) is 5.58 Å². The molecule has 56 heavy (non-hydrogen) atoms. The first-order chi connectivity index (χ1) is 27.7. The van der Waals surface area contributed by atoms with E-state index in [-0.39, 0.29) is 0 Å². The van der Waals surface area contributed by atoms with E-state index in [4.69, 9.17) is 9.15 Å². The normalized spacial score (nSPS) is 12.1. The highest BCUT2D eigenvalue weighted by atomic mass is 32.1. The molecule has 0 bridgehead atoms. The molecule has 0 unspecified atom stereocenters. The number of thiophene rings is 1. The van der Waals surface area contributed by atoms with Crippen LogP contribution in [-0.4, -0.2) is 0 Å². The quantitative estimate of drug-likeness (QED) is 0.176. The third-order valence-electron chi connectivity index (χ3n) is 11.3. The fraction of sp³-hybridized carbons (Fsp3) is 0. The standard InChI is InChI=1S/C52H31NO2S/c1-2-11-32(12-3-1)33-13-8-14-34(29-33)37-26-27-47-51-41(37)17-9-18-42(51)39-25-23-36(31-48(39)54-47)53(35-24-28-50-44(30-35)40-16-5-7-22-49(40)56-50)45-20-10-19-43-38-15-4-6-21-46(38)55-52(43)45/h1-31H. The highest BCUT2D eigenvalue weighted by Gasteiger charge is 2.25. The highest BCUT2D eigenvalue weighted by Crippen LogP contribution is 2.52. The minimum atomic E-state index is 0.824. The monoisotopic (exact) mass is 733 g/mol. The Morgan fingerprint density at radius 1 is 0.393 bits per heavy atom. The van der Waals surface area contributed by atoms with Gasteiger partial charge in [0.1, 0.15) is 17.1 Å². The molecule has 3 nitrogen and oxygen atoms in total. The second-order valence-electron chi connectivity index (χ2n) is 14.4. The first-order valence-electron chi connectivity index (χ1n) is 18.9. The molecule has 4 heteroatoms. The van der Waals surface area contributed by atoms with Crippen LogP contribution in [0.5, 0.6) is 11.5 Å². The van der Waals surface area contributed by atoms with E-state index in [2.05, 4.69) is 181 Å². The fourth-order valence-electron chi connectivity index (χ4n) is 8.70. The largest absolute Gasteiger partial charge is 0.456 e. The van der Waals surface area contributed by atoms with Crippen molar-refractivity contribution in [3.8, 4) is 44.9 Å². The van der Waals surface area contributed by atoms with Crippen LogP contribution < -0.4 is 9.64 Å². The summed E-state index contributed by atoms with van der Waals surface area (Å²) in [7, 11) is 0. The molecule has 11 aromatic rings. The lowest BCUT2D eigenvalue weighted by Gasteiger charge is -2.28. The summed E-state index contributed by atoms with van der Waals surface area (Å²) >= 11 is 1.83. The molecule has 0 fully saturated rings. The molecule has 0 aliphatic carbocycles. The minimum Gasteiger partial charge on any atom is -0.456 e. The van der Waals surface area contributed by atoms with Crippen LogP contribution in [0.1, 0.15) is 0 Å². The Morgan fingerprint density at radius 3 is 2.04 bits per heavy atom. The number of ether oxygens (including phenoxy) is 1. The number of fused-ring (bicyclic) bond motifs is 8. The Hall–Kier alpha value is -7.14. The fourth-order valence-corrected chi connectivity index (χ4v) is 9.78. The smallest absolute Gasteiger partial charge is 0.159 e. The predicted molar refractivity (Wildman–Crippen MR) is 235 cm³/mol. The van der Waals surface area contributed by atoms with Gasteiger partial charge in [-0.25, -0.2) is 0 Å². The Kier molecular flexibility index (Phi) is 6.80. The summed E-state index contributed by atoms with van der Waals surface area (Å²) in [4.78, 5) is 2.32. The van der Waals surface area contributed by atoms with Crippen molar-refractivity contribution in [1.82, 2.24) is 0 Å². The van der Waals surface area contributed by atoms with Crippen molar-refractivity contribution in [2.24, 2.45) is 0 Å². The van der Waals surface area contributed by atoms with E-state index >= 15 is 0 Å². The Morgan fingerprint density at radius 2 is 1.09 bits per heavy atom. The zero-order chi connectivity index (χ0) is 36.7. The van der Waals surface area contributed by atoms with Crippen molar-refractivity contribution in [3.63, 3.8) is 0 Å². The SMILES string of the molecule is c1ccc(-c2cccc(-c3ccc4c5c(cccc35)-c3ccc(N(c5ccc6sc7ccccc7c6c5)c5cccc6c5oc5ccccc56)cc3O4)c2)cc1. The van der Waals surface area contributed by atoms with Gasteiger partial charge in [-0.2, -0.15) is 0 Å². The molecule has 0 N–H and O–H groups in total. The van der Waals surface area contributed by atoms with Crippen molar-refractivity contribution < 1.29 is 9.15 Å². The van der Waals surface area contributed by atoms with Gasteiger partial charge in [-0.15, -0.1) is 11.3 Å². The van der Waals surface area contributed by atoms with Gasteiger partial charge >= 0.3 is 0 Å². The maximum atomic E-state index is 6.90. The lowest BCUT2D eigenvalue weighted by molar-refractivity contribution is 0.487. The molecule has 0 saturated heterocycles. The molecule has 2 aromatic heterocycles. The van der Waals surface area contributed by atoms with Crippen LogP contribution >= 0.6 is 11.3 Å². The number of hydrogen-bond donors (Lipinski definition) is 0. The second-order valence-corrected chi connectivity index (χ2v) is 15.5. The molecule has 0 atom stereocenters. The Balaban J connectivity index is 1.03. The number of benzene rings is 9. The first-order valence-corrected chi connectivity index (χ1v) is 19.7. The lowest BCUT2D eigenvalue weighted by atomic mass is 9.89. The van der Waals surface area contributed by atoms with E-state index in [0.717, 1.165) is 61.4 Å². The zero-order valence-corrected chi connectivity index (χ0v) is 30.9. The van der Waals surface area contributed by atoms with Crippen molar-refractivity contribution in [2.45, 2.75) is 0 Å². The number of para-hydroxylation sites is 2. The molecular weight excluding hydrogens is 703 g/mol. The summed E-state index contributed by atoms with van der Waals surface area (Å²) in [5, 5.41) is 7.01. The summed E-state index contributed by atoms with van der Waals surface area (Å²) < 4.78 is 16.1. The Labute approximate surface area is 326 Å². The van der Waals surface area contributed by atoms with Gasteiger partial charge in [-0.3, -0.25) is 0 Å². The van der Waals surface area contributed by atoms with Crippen LogP contribution in [-0.2, 0) is 0 Å². The van der Waals surface area contributed by atoms with E-state index in [1.165, 1.54) is 53.4 Å². The molecule has 0 saturated carbocycles. The third-order valence-corrected chi connectivity index (χ3v) is 12.4. The molecule has 262 valence electrons. The van der Waals surface area contributed by atoms with Crippen LogP contribution in [0.4, 0.5) is 17.1 Å². The number of hydrogen-bond acceptors (Lipinski definition) is 4. The summed E-state index contributed by atoms with van der Waals surface area (Å²) in [5.41, 5.74) is 11.8. The topological polar surface area (TPSA) is 25.6 Å². The van der Waals surface area contributed by atoms with Gasteiger partial charge in [0.2, 0.25) is 0 Å². The van der Waals surface area contributed by atoms with E-state index in [9.17, 15) is 0 Å². The molecule has 9 aromatic carbocycles. The van der Waals surface area contributed by atoms with Crippen LogP contribution in [0, 0.1) is 0 Å². The molecule has 3 heterocycles. The van der Waals surface area contributed by atoms with Gasteiger partial charge in [-0.05, 0) is 93.9 Å². The highest BCUT2D eigenvalue weighted by molar-refractivity contribution is 7.25. The molecule has 1 aliphatic heterocycles. The summed E-state index contributed by atoms with van der Waals surface area (Å²) in [6.45, 7) is 0. The maximum absolute atomic E-state index is 6.90. The average Bonchev–Trinajstić information content (AvgIpc) is 3.83. The maximum Gasteiger partial charge on any atom is 0.159 e. The first kappa shape index (κ1) is 31.2. The van der Waals surface area contributed by atoms with E-state index in [0.29, 0.717) is 0 Å². The van der Waals surface area contributed by atoms with Crippen LogP contribution in [0.25, 0.3) is 86.3 Å². The van der Waals surface area contributed by atoms with Gasteiger partial charge in [-0.1, -0.05) is 121 Å². The second kappa shape index (κ2) is 12.2. The van der Waals surface area contributed by atoms with Crippen molar-refractivity contribution in [3.05, 3.63) is 188 Å². The molecule has 0 radical (unpaired) electrons. The van der Waals surface area contributed by atoms with Crippen LogP contribution in [0.15, 0.2) is 192 Å². The van der Waals surface area contributed by atoms with Crippen LogP contribution in [0.2, 0.25) is 0 Å². The number of anilines is 3. The summed E-state index contributed by atoms with van der Waals surface area (Å²) in [5.74, 6) is 1.69. The zero-order valence-electron chi connectivity index (χ0n) is 30.1. The summed E-state index contributed by atoms with van der Waals surface area (Å²) in [6, 6.07) is 67.1. The number of nitrogens with zero attached hydrogens (tertiary/aromatic N) is 1.